The normalized spacial score (nSPS) is 22.5. The Hall–Kier alpha value is -1.34. The van der Waals surface area contributed by atoms with E-state index in [-0.39, 0.29) is 18.1 Å². The predicted molar refractivity (Wildman–Crippen MR) is 110 cm³/mol. The molecule has 1 saturated heterocycles. The lowest BCUT2D eigenvalue weighted by Crippen LogP contribution is -2.47. The van der Waals surface area contributed by atoms with E-state index in [9.17, 15) is 4.79 Å². The van der Waals surface area contributed by atoms with Crippen molar-refractivity contribution in [2.45, 2.75) is 57.6 Å². The highest BCUT2D eigenvalue weighted by molar-refractivity contribution is 5.81. The van der Waals surface area contributed by atoms with Gasteiger partial charge < -0.3 is 25.2 Å². The molecule has 156 valence electrons. The van der Waals surface area contributed by atoms with Gasteiger partial charge in [0.15, 0.2) is 5.96 Å². The van der Waals surface area contributed by atoms with Gasteiger partial charge >= 0.3 is 0 Å². The zero-order chi connectivity index (χ0) is 19.6. The number of hydrogen-bond acceptors (Lipinski definition) is 4. The average molecular weight is 382 g/mol. The zero-order valence-corrected chi connectivity index (χ0v) is 17.7. The van der Waals surface area contributed by atoms with E-state index in [4.69, 9.17) is 4.74 Å². The Morgan fingerprint density at radius 1 is 1.30 bits per heavy atom. The molecule has 27 heavy (non-hydrogen) atoms. The molecule has 1 aliphatic heterocycles. The summed E-state index contributed by atoms with van der Waals surface area (Å²) in [5.74, 6) is 1.43. The highest BCUT2D eigenvalue weighted by atomic mass is 16.5. The van der Waals surface area contributed by atoms with Gasteiger partial charge in [0, 0.05) is 51.8 Å². The van der Waals surface area contributed by atoms with Crippen molar-refractivity contribution in [2.75, 3.05) is 53.9 Å². The number of guanidine groups is 1. The summed E-state index contributed by atoms with van der Waals surface area (Å²) in [5.41, 5.74) is 0. The predicted octanol–water partition coefficient (Wildman–Crippen LogP) is 1.30. The van der Waals surface area contributed by atoms with E-state index >= 15 is 0 Å². The van der Waals surface area contributed by atoms with Crippen LogP contribution in [-0.4, -0.2) is 87.7 Å². The van der Waals surface area contributed by atoms with Crippen LogP contribution in [-0.2, 0) is 9.53 Å². The fourth-order valence-electron chi connectivity index (χ4n) is 3.99. The van der Waals surface area contributed by atoms with Crippen LogP contribution in [0, 0.1) is 5.92 Å². The maximum Gasteiger partial charge on any atom is 0.225 e. The summed E-state index contributed by atoms with van der Waals surface area (Å²) in [7, 11) is 5.95. The smallest absolute Gasteiger partial charge is 0.225 e. The van der Waals surface area contributed by atoms with Gasteiger partial charge in [-0.25, -0.2) is 0 Å². The maximum atomic E-state index is 12.6. The molecule has 1 saturated carbocycles. The first kappa shape index (κ1) is 22.0. The van der Waals surface area contributed by atoms with Crippen molar-refractivity contribution < 1.29 is 9.53 Å². The van der Waals surface area contributed by atoms with Crippen molar-refractivity contribution in [3.63, 3.8) is 0 Å². The number of nitrogens with zero attached hydrogens (tertiary/aromatic N) is 3. The van der Waals surface area contributed by atoms with Gasteiger partial charge in [0.25, 0.3) is 0 Å². The summed E-state index contributed by atoms with van der Waals surface area (Å²) in [6.07, 6.45) is 6.69. The Kier molecular flexibility index (Phi) is 9.34. The minimum Gasteiger partial charge on any atom is -0.377 e. The third kappa shape index (κ3) is 7.30. The quantitative estimate of drug-likeness (QED) is 0.465. The second-order valence-electron chi connectivity index (χ2n) is 8.02. The lowest BCUT2D eigenvalue weighted by atomic mass is 10.1. The van der Waals surface area contributed by atoms with Crippen LogP contribution in [0.1, 0.15) is 45.4 Å². The minimum absolute atomic E-state index is 0.167. The molecule has 0 aromatic carbocycles. The van der Waals surface area contributed by atoms with E-state index in [2.05, 4.69) is 34.6 Å². The van der Waals surface area contributed by atoms with Crippen LogP contribution in [0.25, 0.3) is 0 Å². The summed E-state index contributed by atoms with van der Waals surface area (Å²) >= 11 is 0. The van der Waals surface area contributed by atoms with Gasteiger partial charge in [0.2, 0.25) is 5.91 Å². The molecule has 0 spiro atoms. The first-order valence-electron chi connectivity index (χ1n) is 10.6. The largest absolute Gasteiger partial charge is 0.377 e. The van der Waals surface area contributed by atoms with E-state index in [1.54, 1.807) is 7.05 Å². The fraction of sp³-hybridized carbons (Fsp3) is 0.900. The van der Waals surface area contributed by atoms with Gasteiger partial charge in [-0.3, -0.25) is 9.79 Å². The Balaban J connectivity index is 1.75. The van der Waals surface area contributed by atoms with Crippen LogP contribution < -0.4 is 10.6 Å². The Labute approximate surface area is 164 Å². The molecule has 0 bridgehead atoms. The van der Waals surface area contributed by atoms with Crippen molar-refractivity contribution >= 4 is 11.9 Å². The molecule has 0 radical (unpaired) electrons. The summed E-state index contributed by atoms with van der Waals surface area (Å²) in [6.45, 7) is 6.12. The van der Waals surface area contributed by atoms with Crippen molar-refractivity contribution in [1.29, 1.82) is 0 Å². The SMILES string of the molecule is CCOC(CCN(C)C)CNC(=NC)NC1CCN(C(=O)C2CCCC2)C1. The van der Waals surface area contributed by atoms with Crippen molar-refractivity contribution in [1.82, 2.24) is 20.4 Å². The number of nitrogens with one attached hydrogen (secondary N) is 2. The summed E-state index contributed by atoms with van der Waals surface area (Å²) < 4.78 is 5.84. The number of likely N-dealkylation sites (tertiary alicyclic amines) is 1. The topological polar surface area (TPSA) is 69.2 Å². The lowest BCUT2D eigenvalue weighted by molar-refractivity contribution is -0.134. The van der Waals surface area contributed by atoms with Crippen LogP contribution in [0.15, 0.2) is 4.99 Å². The Bertz CT molecular complexity index is 477. The molecule has 2 aliphatic rings. The van der Waals surface area contributed by atoms with Crippen LogP contribution in [0.4, 0.5) is 0 Å². The van der Waals surface area contributed by atoms with Gasteiger partial charge in [-0.15, -0.1) is 0 Å². The molecule has 2 rings (SSSR count). The number of carbonyl (C=O) groups is 1. The second-order valence-corrected chi connectivity index (χ2v) is 8.02. The first-order chi connectivity index (χ1) is 13.0. The van der Waals surface area contributed by atoms with Gasteiger partial charge in [-0.05, 0) is 46.7 Å². The molecule has 2 fully saturated rings. The molecule has 1 aliphatic carbocycles. The summed E-state index contributed by atoms with van der Waals surface area (Å²) in [6, 6.07) is 0.272. The van der Waals surface area contributed by atoms with Gasteiger partial charge in [0.05, 0.1) is 6.10 Å². The fourth-order valence-corrected chi connectivity index (χ4v) is 3.99. The lowest BCUT2D eigenvalue weighted by Gasteiger charge is -2.23. The molecular formula is C20H39N5O2. The average Bonchev–Trinajstić information content (AvgIpc) is 3.34. The number of rotatable bonds is 9. The number of aliphatic imine (C=N–C) groups is 1. The molecule has 2 atom stereocenters. The third-order valence-electron chi connectivity index (χ3n) is 5.57. The summed E-state index contributed by atoms with van der Waals surface area (Å²) in [4.78, 5) is 21.2. The number of ether oxygens (including phenoxy) is 1. The maximum absolute atomic E-state index is 12.6. The molecule has 2 unspecified atom stereocenters. The zero-order valence-electron chi connectivity index (χ0n) is 17.7. The highest BCUT2D eigenvalue weighted by Crippen LogP contribution is 2.27. The van der Waals surface area contributed by atoms with Crippen LogP contribution in [0.2, 0.25) is 0 Å². The van der Waals surface area contributed by atoms with Crippen LogP contribution >= 0.6 is 0 Å². The molecule has 1 heterocycles. The van der Waals surface area contributed by atoms with Crippen LogP contribution in [0.5, 0.6) is 0 Å². The standard InChI is InChI=1S/C20H39N5O2/c1-5-27-18(11-12-24(3)4)14-22-20(21-2)23-17-10-13-25(15-17)19(26)16-8-6-7-9-16/h16-18H,5-15H2,1-4H3,(H2,21,22,23). The van der Waals surface area contributed by atoms with Crippen LogP contribution in [0.3, 0.4) is 0 Å². The Morgan fingerprint density at radius 3 is 2.67 bits per heavy atom. The molecule has 2 N–H and O–H groups in total. The van der Waals surface area contributed by atoms with Crippen molar-refractivity contribution in [3.05, 3.63) is 0 Å². The van der Waals surface area contributed by atoms with E-state index < -0.39 is 0 Å². The Morgan fingerprint density at radius 2 is 2.04 bits per heavy atom. The first-order valence-corrected chi connectivity index (χ1v) is 10.6. The molecular weight excluding hydrogens is 342 g/mol. The van der Waals surface area contributed by atoms with E-state index in [0.29, 0.717) is 12.5 Å². The number of amides is 1. The second kappa shape index (κ2) is 11.5. The van der Waals surface area contributed by atoms with E-state index in [1.165, 1.54) is 12.8 Å². The molecule has 7 heteroatoms. The van der Waals surface area contributed by atoms with Gasteiger partial charge in [-0.2, -0.15) is 0 Å². The molecule has 0 aromatic rings. The van der Waals surface area contributed by atoms with Crippen molar-refractivity contribution in [2.24, 2.45) is 10.9 Å². The number of hydrogen-bond donors (Lipinski definition) is 2. The third-order valence-corrected chi connectivity index (χ3v) is 5.57. The monoisotopic (exact) mass is 381 g/mol. The molecule has 7 nitrogen and oxygen atoms in total. The van der Waals surface area contributed by atoms with E-state index in [1.807, 2.05) is 11.8 Å². The van der Waals surface area contributed by atoms with Gasteiger partial charge in [-0.1, -0.05) is 12.8 Å². The molecule has 1 amide bonds. The van der Waals surface area contributed by atoms with Crippen molar-refractivity contribution in [3.8, 4) is 0 Å². The minimum atomic E-state index is 0.167. The summed E-state index contributed by atoms with van der Waals surface area (Å²) in [5, 5.41) is 6.88. The van der Waals surface area contributed by atoms with E-state index in [0.717, 1.165) is 57.8 Å². The number of carbonyl (C=O) groups excluding carboxylic acids is 1. The molecule has 0 aromatic heterocycles. The van der Waals surface area contributed by atoms with Gasteiger partial charge in [0.1, 0.15) is 0 Å². The highest BCUT2D eigenvalue weighted by Gasteiger charge is 2.32.